The van der Waals surface area contributed by atoms with Gasteiger partial charge in [-0.2, -0.15) is 0 Å². The summed E-state index contributed by atoms with van der Waals surface area (Å²) in [4.78, 5) is 13.8. The number of amides is 1. The lowest BCUT2D eigenvalue weighted by molar-refractivity contribution is -0.130. The standard InChI is InChI=1S/C15H21ClN2O/c16-14-7-5-13(6-8-14)12-17-9-11-18-10-3-1-2-4-15(18)19/h5-8,17H,1-4,9-12H2. The van der Waals surface area contributed by atoms with Gasteiger partial charge in [-0.05, 0) is 30.5 Å². The molecule has 0 spiro atoms. The van der Waals surface area contributed by atoms with Crippen LogP contribution >= 0.6 is 11.6 Å². The van der Waals surface area contributed by atoms with Gasteiger partial charge in [-0.25, -0.2) is 0 Å². The van der Waals surface area contributed by atoms with Crippen molar-refractivity contribution in [2.75, 3.05) is 19.6 Å². The summed E-state index contributed by atoms with van der Waals surface area (Å²) in [7, 11) is 0. The van der Waals surface area contributed by atoms with E-state index >= 15 is 0 Å². The lowest BCUT2D eigenvalue weighted by Crippen LogP contribution is -2.36. The number of likely N-dealkylation sites (tertiary alicyclic amines) is 1. The molecular formula is C15H21ClN2O. The average Bonchev–Trinajstić information content (AvgIpc) is 2.62. The van der Waals surface area contributed by atoms with E-state index in [-0.39, 0.29) is 0 Å². The summed E-state index contributed by atoms with van der Waals surface area (Å²) in [5.74, 6) is 0.311. The van der Waals surface area contributed by atoms with Crippen molar-refractivity contribution in [1.29, 1.82) is 0 Å². The predicted octanol–water partition coefficient (Wildman–Crippen LogP) is 2.83. The second-order valence-corrected chi connectivity index (χ2v) is 5.43. The molecule has 0 unspecified atom stereocenters. The molecular weight excluding hydrogens is 260 g/mol. The minimum Gasteiger partial charge on any atom is -0.341 e. The molecule has 1 amide bonds. The van der Waals surface area contributed by atoms with Gasteiger partial charge in [0.15, 0.2) is 0 Å². The number of rotatable bonds is 5. The fourth-order valence-electron chi connectivity index (χ4n) is 2.32. The number of hydrogen-bond donors (Lipinski definition) is 1. The van der Waals surface area contributed by atoms with E-state index in [1.54, 1.807) is 0 Å². The van der Waals surface area contributed by atoms with Crippen molar-refractivity contribution in [1.82, 2.24) is 10.2 Å². The number of carbonyl (C=O) groups excluding carboxylic acids is 1. The zero-order chi connectivity index (χ0) is 13.5. The minimum absolute atomic E-state index is 0.311. The Balaban J connectivity index is 1.68. The highest BCUT2D eigenvalue weighted by Gasteiger charge is 2.15. The average molecular weight is 281 g/mol. The number of nitrogens with one attached hydrogen (secondary N) is 1. The van der Waals surface area contributed by atoms with Gasteiger partial charge in [0.2, 0.25) is 5.91 Å². The molecule has 0 saturated carbocycles. The summed E-state index contributed by atoms with van der Waals surface area (Å²) in [6.07, 6.45) is 4.09. The van der Waals surface area contributed by atoms with Crippen molar-refractivity contribution in [3.05, 3.63) is 34.9 Å². The summed E-state index contributed by atoms with van der Waals surface area (Å²) >= 11 is 5.84. The van der Waals surface area contributed by atoms with Crippen LogP contribution in [0, 0.1) is 0 Å². The first-order chi connectivity index (χ1) is 9.25. The van der Waals surface area contributed by atoms with E-state index in [1.807, 2.05) is 29.2 Å². The monoisotopic (exact) mass is 280 g/mol. The van der Waals surface area contributed by atoms with Gasteiger partial charge in [0.1, 0.15) is 0 Å². The maximum atomic E-state index is 11.8. The molecule has 0 aliphatic carbocycles. The Morgan fingerprint density at radius 2 is 1.95 bits per heavy atom. The van der Waals surface area contributed by atoms with Crippen LogP contribution < -0.4 is 5.32 Å². The van der Waals surface area contributed by atoms with Gasteiger partial charge in [0.25, 0.3) is 0 Å². The molecule has 1 heterocycles. The summed E-state index contributed by atoms with van der Waals surface area (Å²) < 4.78 is 0. The Bertz CT molecular complexity index is 405. The highest BCUT2D eigenvalue weighted by atomic mass is 35.5. The molecule has 2 rings (SSSR count). The molecule has 0 atom stereocenters. The van der Waals surface area contributed by atoms with Crippen molar-refractivity contribution >= 4 is 17.5 Å². The Kier molecular flexibility index (Phi) is 5.67. The Labute approximate surface area is 119 Å². The largest absolute Gasteiger partial charge is 0.341 e. The molecule has 4 heteroatoms. The van der Waals surface area contributed by atoms with E-state index in [2.05, 4.69) is 5.32 Å². The van der Waals surface area contributed by atoms with Crippen LogP contribution in [0.5, 0.6) is 0 Å². The highest BCUT2D eigenvalue weighted by Crippen LogP contribution is 2.11. The number of hydrogen-bond acceptors (Lipinski definition) is 2. The normalized spacial score (nSPS) is 16.5. The molecule has 1 saturated heterocycles. The quantitative estimate of drug-likeness (QED) is 0.841. The van der Waals surface area contributed by atoms with Crippen molar-refractivity contribution in [3.63, 3.8) is 0 Å². The van der Waals surface area contributed by atoms with Crippen LogP contribution in [0.3, 0.4) is 0 Å². The highest BCUT2D eigenvalue weighted by molar-refractivity contribution is 6.30. The van der Waals surface area contributed by atoms with Gasteiger partial charge in [-0.1, -0.05) is 30.2 Å². The molecule has 1 N–H and O–H groups in total. The predicted molar refractivity (Wildman–Crippen MR) is 78.2 cm³/mol. The van der Waals surface area contributed by atoms with Crippen LogP contribution in [0.1, 0.15) is 31.2 Å². The smallest absolute Gasteiger partial charge is 0.222 e. The van der Waals surface area contributed by atoms with Crippen LogP contribution in [0.25, 0.3) is 0 Å². The van der Waals surface area contributed by atoms with Gasteiger partial charge in [0.05, 0.1) is 0 Å². The molecule has 19 heavy (non-hydrogen) atoms. The minimum atomic E-state index is 0.311. The lowest BCUT2D eigenvalue weighted by Gasteiger charge is -2.20. The van der Waals surface area contributed by atoms with Gasteiger partial charge in [0, 0.05) is 37.6 Å². The fraction of sp³-hybridized carbons (Fsp3) is 0.533. The van der Waals surface area contributed by atoms with E-state index in [1.165, 1.54) is 12.0 Å². The topological polar surface area (TPSA) is 32.3 Å². The number of halogens is 1. The lowest BCUT2D eigenvalue weighted by atomic mass is 10.2. The molecule has 1 aromatic carbocycles. The fourth-order valence-corrected chi connectivity index (χ4v) is 2.45. The first-order valence-corrected chi connectivity index (χ1v) is 7.36. The van der Waals surface area contributed by atoms with Crippen molar-refractivity contribution in [2.45, 2.75) is 32.2 Å². The summed E-state index contributed by atoms with van der Waals surface area (Å²) in [5, 5.41) is 4.14. The molecule has 1 aromatic rings. The van der Waals surface area contributed by atoms with Crippen LogP contribution in [0.2, 0.25) is 5.02 Å². The molecule has 0 aromatic heterocycles. The van der Waals surface area contributed by atoms with Crippen molar-refractivity contribution in [3.8, 4) is 0 Å². The van der Waals surface area contributed by atoms with E-state index < -0.39 is 0 Å². The molecule has 1 aliphatic heterocycles. The van der Waals surface area contributed by atoms with Gasteiger partial charge < -0.3 is 10.2 Å². The zero-order valence-electron chi connectivity index (χ0n) is 11.2. The summed E-state index contributed by atoms with van der Waals surface area (Å²) in [5.41, 5.74) is 1.21. The summed E-state index contributed by atoms with van der Waals surface area (Å²) in [6.45, 7) is 3.39. The van der Waals surface area contributed by atoms with E-state index in [9.17, 15) is 4.79 Å². The number of carbonyl (C=O) groups is 1. The first-order valence-electron chi connectivity index (χ1n) is 6.98. The van der Waals surface area contributed by atoms with Crippen molar-refractivity contribution < 1.29 is 4.79 Å². The van der Waals surface area contributed by atoms with Crippen LogP contribution in [-0.4, -0.2) is 30.4 Å². The van der Waals surface area contributed by atoms with E-state index in [0.717, 1.165) is 50.5 Å². The third-order valence-corrected chi connectivity index (χ3v) is 3.72. The summed E-state index contributed by atoms with van der Waals surface area (Å²) in [6, 6.07) is 7.84. The number of nitrogens with zero attached hydrogens (tertiary/aromatic N) is 1. The first kappa shape index (κ1) is 14.4. The van der Waals surface area contributed by atoms with E-state index in [0.29, 0.717) is 5.91 Å². The van der Waals surface area contributed by atoms with E-state index in [4.69, 9.17) is 11.6 Å². The maximum Gasteiger partial charge on any atom is 0.222 e. The maximum absolute atomic E-state index is 11.8. The van der Waals surface area contributed by atoms with Gasteiger partial charge in [-0.3, -0.25) is 4.79 Å². The Morgan fingerprint density at radius 3 is 2.74 bits per heavy atom. The third kappa shape index (κ3) is 4.84. The third-order valence-electron chi connectivity index (χ3n) is 3.47. The van der Waals surface area contributed by atoms with Crippen LogP contribution in [0.4, 0.5) is 0 Å². The second-order valence-electron chi connectivity index (χ2n) is 4.99. The Hall–Kier alpha value is -1.06. The molecule has 0 radical (unpaired) electrons. The Morgan fingerprint density at radius 1 is 1.16 bits per heavy atom. The molecule has 1 aliphatic rings. The molecule has 3 nitrogen and oxygen atoms in total. The second kappa shape index (κ2) is 7.51. The molecule has 1 fully saturated rings. The van der Waals surface area contributed by atoms with Gasteiger partial charge >= 0.3 is 0 Å². The van der Waals surface area contributed by atoms with Crippen molar-refractivity contribution in [2.24, 2.45) is 0 Å². The SMILES string of the molecule is O=C1CCCCCN1CCNCc1ccc(Cl)cc1. The van der Waals surface area contributed by atoms with Gasteiger partial charge in [-0.15, -0.1) is 0 Å². The number of benzene rings is 1. The molecule has 104 valence electrons. The van der Waals surface area contributed by atoms with Crippen LogP contribution in [0.15, 0.2) is 24.3 Å². The molecule has 0 bridgehead atoms. The van der Waals surface area contributed by atoms with Crippen LogP contribution in [-0.2, 0) is 11.3 Å². The zero-order valence-corrected chi connectivity index (χ0v) is 12.0.